The van der Waals surface area contributed by atoms with Gasteiger partial charge in [-0.2, -0.15) is 0 Å². The van der Waals surface area contributed by atoms with Gasteiger partial charge < -0.3 is 0 Å². The molecule has 0 aliphatic carbocycles. The first kappa shape index (κ1) is 14.3. The van der Waals surface area contributed by atoms with Crippen LogP contribution in [0.3, 0.4) is 0 Å². The van der Waals surface area contributed by atoms with Gasteiger partial charge in [0.2, 0.25) is 0 Å². The molecule has 1 heteroatoms. The Labute approximate surface area is 121 Å². The van der Waals surface area contributed by atoms with Gasteiger partial charge in [-0.3, -0.25) is 4.99 Å². The topological polar surface area (TPSA) is 12.4 Å². The zero-order chi connectivity index (χ0) is 14.4. The van der Waals surface area contributed by atoms with E-state index in [1.54, 1.807) is 0 Å². The number of aryl methyl sites for hydroxylation is 1. The lowest BCUT2D eigenvalue weighted by molar-refractivity contribution is 0.936. The molecule has 0 saturated heterocycles. The van der Waals surface area contributed by atoms with Crippen molar-refractivity contribution >= 4 is 11.8 Å². The fourth-order valence-electron chi connectivity index (χ4n) is 2.17. The van der Waals surface area contributed by atoms with Crippen molar-refractivity contribution in [1.29, 1.82) is 0 Å². The average molecular weight is 263 g/mol. The van der Waals surface area contributed by atoms with Gasteiger partial charge in [-0.25, -0.2) is 0 Å². The summed E-state index contributed by atoms with van der Waals surface area (Å²) in [6, 6.07) is 19.1. The van der Waals surface area contributed by atoms with Crippen LogP contribution in [0.2, 0.25) is 0 Å². The minimum absolute atomic E-state index is 0.169. The first-order valence-electron chi connectivity index (χ1n) is 7.20. The molecule has 1 nitrogen and oxygen atoms in total. The molecule has 1 aliphatic heterocycles. The molecule has 102 valence electrons. The number of hydrogen-bond donors (Lipinski definition) is 0. The SMILES string of the molecule is CC.Cc1ccc(C2=CC(c3ccccc3)N=C2)cc1. The van der Waals surface area contributed by atoms with Gasteiger partial charge >= 0.3 is 0 Å². The average Bonchev–Trinajstić information content (AvgIpc) is 3.01. The summed E-state index contributed by atoms with van der Waals surface area (Å²) in [5, 5.41) is 0. The van der Waals surface area contributed by atoms with Crippen LogP contribution >= 0.6 is 0 Å². The standard InChI is InChI=1S/C17H15N.C2H6/c1-13-7-9-14(10-8-13)16-11-17(18-12-16)15-5-3-2-4-6-15;1-2/h2-12,17H,1H3;1-2H3. The van der Waals surface area contributed by atoms with Gasteiger partial charge in [-0.1, -0.05) is 74.0 Å². The lowest BCUT2D eigenvalue weighted by atomic mass is 10.0. The fourth-order valence-corrected chi connectivity index (χ4v) is 2.17. The van der Waals surface area contributed by atoms with Crippen molar-refractivity contribution in [2.45, 2.75) is 26.8 Å². The lowest BCUT2D eigenvalue weighted by Crippen LogP contribution is -1.87. The molecule has 0 saturated carbocycles. The number of nitrogens with zero attached hydrogens (tertiary/aromatic N) is 1. The highest BCUT2D eigenvalue weighted by Gasteiger charge is 2.13. The van der Waals surface area contributed by atoms with E-state index in [1.807, 2.05) is 26.1 Å². The number of rotatable bonds is 2. The Morgan fingerprint density at radius 1 is 0.850 bits per heavy atom. The highest BCUT2D eigenvalue weighted by molar-refractivity contribution is 6.11. The van der Waals surface area contributed by atoms with E-state index in [1.165, 1.54) is 22.3 Å². The fraction of sp³-hybridized carbons (Fsp3) is 0.211. The Kier molecular flexibility index (Phi) is 4.89. The molecule has 0 amide bonds. The largest absolute Gasteiger partial charge is 0.280 e. The van der Waals surface area contributed by atoms with Crippen molar-refractivity contribution in [2.75, 3.05) is 0 Å². The van der Waals surface area contributed by atoms with E-state index in [0.29, 0.717) is 0 Å². The van der Waals surface area contributed by atoms with Crippen LogP contribution in [0.4, 0.5) is 0 Å². The molecule has 2 aromatic rings. The second-order valence-electron chi connectivity index (χ2n) is 4.62. The molecule has 0 aromatic heterocycles. The van der Waals surface area contributed by atoms with Crippen molar-refractivity contribution in [3.8, 4) is 0 Å². The molecule has 3 rings (SSSR count). The minimum atomic E-state index is 0.169. The van der Waals surface area contributed by atoms with Gasteiger partial charge in [0.05, 0.1) is 6.04 Å². The van der Waals surface area contributed by atoms with Crippen molar-refractivity contribution in [1.82, 2.24) is 0 Å². The zero-order valence-electron chi connectivity index (χ0n) is 12.4. The quantitative estimate of drug-likeness (QED) is 0.703. The molecule has 0 radical (unpaired) electrons. The molecule has 1 heterocycles. The summed E-state index contributed by atoms with van der Waals surface area (Å²) in [6.07, 6.45) is 4.20. The third-order valence-corrected chi connectivity index (χ3v) is 3.24. The molecule has 20 heavy (non-hydrogen) atoms. The predicted molar refractivity (Wildman–Crippen MR) is 88.2 cm³/mol. The first-order valence-corrected chi connectivity index (χ1v) is 7.20. The van der Waals surface area contributed by atoms with Crippen LogP contribution in [0.5, 0.6) is 0 Å². The molecule has 0 spiro atoms. The Balaban J connectivity index is 0.000000704. The highest BCUT2D eigenvalue weighted by atomic mass is 14.8. The normalized spacial score (nSPS) is 16.4. The van der Waals surface area contributed by atoms with E-state index in [-0.39, 0.29) is 6.04 Å². The maximum absolute atomic E-state index is 4.57. The van der Waals surface area contributed by atoms with Crippen molar-refractivity contribution in [2.24, 2.45) is 4.99 Å². The maximum Gasteiger partial charge on any atom is 0.0940 e. The summed E-state index contributed by atoms with van der Waals surface area (Å²) in [4.78, 5) is 4.57. The molecular weight excluding hydrogens is 242 g/mol. The Hall–Kier alpha value is -2.15. The third-order valence-electron chi connectivity index (χ3n) is 3.24. The zero-order valence-corrected chi connectivity index (χ0v) is 12.4. The summed E-state index contributed by atoms with van der Waals surface area (Å²) >= 11 is 0. The Morgan fingerprint density at radius 3 is 2.15 bits per heavy atom. The summed E-state index contributed by atoms with van der Waals surface area (Å²) < 4.78 is 0. The van der Waals surface area contributed by atoms with Gasteiger partial charge in [0, 0.05) is 6.21 Å². The number of allylic oxidation sites excluding steroid dienone is 1. The number of hydrogen-bond acceptors (Lipinski definition) is 1. The van der Waals surface area contributed by atoms with Crippen LogP contribution < -0.4 is 0 Å². The van der Waals surface area contributed by atoms with Crippen LogP contribution in [0.25, 0.3) is 5.57 Å². The van der Waals surface area contributed by atoms with Gasteiger partial charge in [0.1, 0.15) is 0 Å². The van der Waals surface area contributed by atoms with E-state index >= 15 is 0 Å². The lowest BCUT2D eigenvalue weighted by Gasteiger charge is -2.03. The number of aliphatic imine (C=N–C) groups is 1. The summed E-state index contributed by atoms with van der Waals surface area (Å²) in [6.45, 7) is 6.10. The smallest absolute Gasteiger partial charge is 0.0940 e. The molecule has 0 fully saturated rings. The molecule has 0 N–H and O–H groups in total. The predicted octanol–water partition coefficient (Wildman–Crippen LogP) is 5.23. The molecule has 0 bridgehead atoms. The third kappa shape index (κ3) is 3.24. The molecule has 1 atom stereocenters. The van der Waals surface area contributed by atoms with Crippen molar-refractivity contribution < 1.29 is 0 Å². The molecule has 1 aliphatic rings. The first-order chi connectivity index (χ1) is 9.83. The summed E-state index contributed by atoms with van der Waals surface area (Å²) in [5.74, 6) is 0. The van der Waals surface area contributed by atoms with Crippen molar-refractivity contribution in [3.63, 3.8) is 0 Å². The molecular formula is C19H21N. The minimum Gasteiger partial charge on any atom is -0.280 e. The van der Waals surface area contributed by atoms with Crippen LogP contribution in [-0.2, 0) is 0 Å². The van der Waals surface area contributed by atoms with Gasteiger partial charge in [-0.15, -0.1) is 0 Å². The highest BCUT2D eigenvalue weighted by Crippen LogP contribution is 2.28. The van der Waals surface area contributed by atoms with E-state index in [9.17, 15) is 0 Å². The Bertz CT molecular complexity index is 591. The molecule has 1 unspecified atom stereocenters. The van der Waals surface area contributed by atoms with Gasteiger partial charge in [-0.05, 0) is 29.7 Å². The van der Waals surface area contributed by atoms with E-state index in [0.717, 1.165) is 0 Å². The van der Waals surface area contributed by atoms with E-state index in [2.05, 4.69) is 66.5 Å². The summed E-state index contributed by atoms with van der Waals surface area (Å²) in [7, 11) is 0. The van der Waals surface area contributed by atoms with E-state index < -0.39 is 0 Å². The van der Waals surface area contributed by atoms with Gasteiger partial charge in [0.25, 0.3) is 0 Å². The summed E-state index contributed by atoms with van der Waals surface area (Å²) in [5.41, 5.74) is 4.98. The number of benzene rings is 2. The van der Waals surface area contributed by atoms with Crippen molar-refractivity contribution in [3.05, 3.63) is 77.4 Å². The maximum atomic E-state index is 4.57. The van der Waals surface area contributed by atoms with E-state index in [4.69, 9.17) is 0 Å². The Morgan fingerprint density at radius 2 is 1.50 bits per heavy atom. The second-order valence-corrected chi connectivity index (χ2v) is 4.62. The molecule has 2 aromatic carbocycles. The van der Waals surface area contributed by atoms with Gasteiger partial charge in [0.15, 0.2) is 0 Å². The van der Waals surface area contributed by atoms with Crippen LogP contribution in [0, 0.1) is 6.92 Å². The monoisotopic (exact) mass is 263 g/mol. The van der Waals surface area contributed by atoms with Crippen LogP contribution in [-0.4, -0.2) is 6.21 Å². The van der Waals surface area contributed by atoms with Crippen LogP contribution in [0.1, 0.15) is 36.6 Å². The second kappa shape index (κ2) is 6.85. The van der Waals surface area contributed by atoms with Crippen LogP contribution in [0.15, 0.2) is 65.7 Å².